The summed E-state index contributed by atoms with van der Waals surface area (Å²) in [4.78, 5) is 12.3. The highest BCUT2D eigenvalue weighted by Crippen LogP contribution is 2.24. The first kappa shape index (κ1) is 13.4. The van der Waals surface area contributed by atoms with Crippen LogP contribution in [-0.4, -0.2) is 26.3 Å². The van der Waals surface area contributed by atoms with E-state index < -0.39 is 0 Å². The molecular formula is C15H17N3OS. The SMILES string of the molecule is Cc1nnc(SCC(=O)c2ccc3c(c2)CCC3)n1C. The maximum atomic E-state index is 12.3. The van der Waals surface area contributed by atoms with Gasteiger partial charge in [-0.25, -0.2) is 0 Å². The van der Waals surface area contributed by atoms with Gasteiger partial charge in [0.25, 0.3) is 0 Å². The van der Waals surface area contributed by atoms with Crippen LogP contribution in [0.25, 0.3) is 0 Å². The van der Waals surface area contributed by atoms with Gasteiger partial charge in [0.1, 0.15) is 5.82 Å². The largest absolute Gasteiger partial charge is 0.309 e. The fourth-order valence-electron chi connectivity index (χ4n) is 2.47. The van der Waals surface area contributed by atoms with E-state index in [0.29, 0.717) is 5.75 Å². The number of hydrogen-bond acceptors (Lipinski definition) is 4. The number of benzene rings is 1. The van der Waals surface area contributed by atoms with Crippen LogP contribution in [0.1, 0.15) is 33.7 Å². The zero-order chi connectivity index (χ0) is 14.1. The Morgan fingerprint density at radius 3 is 2.85 bits per heavy atom. The van der Waals surface area contributed by atoms with Crippen LogP contribution in [0.3, 0.4) is 0 Å². The maximum absolute atomic E-state index is 12.3. The van der Waals surface area contributed by atoms with Crippen molar-refractivity contribution in [3.05, 3.63) is 40.7 Å². The lowest BCUT2D eigenvalue weighted by Crippen LogP contribution is -2.04. The van der Waals surface area contributed by atoms with Crippen molar-refractivity contribution in [2.45, 2.75) is 31.3 Å². The third kappa shape index (κ3) is 2.50. The van der Waals surface area contributed by atoms with Crippen molar-refractivity contribution < 1.29 is 4.79 Å². The minimum atomic E-state index is 0.158. The molecule has 0 aliphatic heterocycles. The average molecular weight is 287 g/mol. The normalized spacial score (nSPS) is 13.5. The van der Waals surface area contributed by atoms with Crippen LogP contribution < -0.4 is 0 Å². The van der Waals surface area contributed by atoms with Gasteiger partial charge in [0.15, 0.2) is 10.9 Å². The summed E-state index contributed by atoms with van der Waals surface area (Å²) in [6, 6.07) is 6.12. The summed E-state index contributed by atoms with van der Waals surface area (Å²) < 4.78 is 1.90. The van der Waals surface area contributed by atoms with Gasteiger partial charge in [-0.2, -0.15) is 0 Å². The molecule has 0 spiro atoms. The summed E-state index contributed by atoms with van der Waals surface area (Å²) in [7, 11) is 1.91. The Bertz CT molecular complexity index is 663. The van der Waals surface area contributed by atoms with Crippen LogP contribution in [0.5, 0.6) is 0 Å². The molecule has 2 aromatic rings. The second-order valence-corrected chi connectivity index (χ2v) is 6.08. The Hall–Kier alpha value is -1.62. The third-order valence-corrected chi connectivity index (χ3v) is 4.83. The van der Waals surface area contributed by atoms with Crippen LogP contribution in [0.15, 0.2) is 23.4 Å². The van der Waals surface area contributed by atoms with Crippen molar-refractivity contribution in [1.29, 1.82) is 0 Å². The predicted molar refractivity (Wildman–Crippen MR) is 79.3 cm³/mol. The number of aryl methyl sites for hydroxylation is 3. The van der Waals surface area contributed by atoms with Crippen molar-refractivity contribution >= 4 is 17.5 Å². The molecule has 0 saturated heterocycles. The quantitative estimate of drug-likeness (QED) is 0.640. The highest BCUT2D eigenvalue weighted by atomic mass is 32.2. The maximum Gasteiger partial charge on any atom is 0.191 e. The molecule has 3 rings (SSSR count). The topological polar surface area (TPSA) is 47.8 Å². The molecule has 0 radical (unpaired) electrons. The predicted octanol–water partition coefficient (Wildman–Crippen LogP) is 2.59. The fraction of sp³-hybridized carbons (Fsp3) is 0.400. The number of nitrogens with zero attached hydrogens (tertiary/aromatic N) is 3. The minimum absolute atomic E-state index is 0.158. The number of thioether (sulfide) groups is 1. The number of ketones is 1. The van der Waals surface area contributed by atoms with Crippen LogP contribution in [-0.2, 0) is 19.9 Å². The van der Waals surface area contributed by atoms with Crippen LogP contribution >= 0.6 is 11.8 Å². The molecule has 0 amide bonds. The number of carbonyl (C=O) groups excluding carboxylic acids is 1. The summed E-state index contributed by atoms with van der Waals surface area (Å²) in [5, 5.41) is 8.85. The van der Waals surface area contributed by atoms with Crippen LogP contribution in [0.2, 0.25) is 0 Å². The molecule has 20 heavy (non-hydrogen) atoms. The Morgan fingerprint density at radius 2 is 2.10 bits per heavy atom. The summed E-state index contributed by atoms with van der Waals surface area (Å²) in [5.74, 6) is 1.42. The average Bonchev–Trinajstić information content (AvgIpc) is 3.04. The summed E-state index contributed by atoms with van der Waals surface area (Å²) >= 11 is 1.44. The van der Waals surface area contributed by atoms with E-state index in [-0.39, 0.29) is 5.78 Å². The standard InChI is InChI=1S/C15H17N3OS/c1-10-16-17-15(18(10)2)20-9-14(19)13-7-6-11-4-3-5-12(11)8-13/h6-8H,3-5,9H2,1-2H3. The van der Waals surface area contributed by atoms with Gasteiger partial charge >= 0.3 is 0 Å². The molecule has 0 N–H and O–H groups in total. The van der Waals surface area contributed by atoms with Crippen molar-refractivity contribution in [3.63, 3.8) is 0 Å². The van der Waals surface area contributed by atoms with Crippen molar-refractivity contribution in [2.75, 3.05) is 5.75 Å². The van der Waals surface area contributed by atoms with E-state index in [9.17, 15) is 4.79 Å². The first-order valence-electron chi connectivity index (χ1n) is 6.79. The highest BCUT2D eigenvalue weighted by molar-refractivity contribution is 7.99. The van der Waals surface area contributed by atoms with Crippen molar-refractivity contribution in [2.24, 2.45) is 7.05 Å². The van der Waals surface area contributed by atoms with Crippen LogP contribution in [0, 0.1) is 6.92 Å². The molecule has 1 aromatic heterocycles. The second-order valence-electron chi connectivity index (χ2n) is 5.14. The number of Topliss-reactive ketones (excluding diaryl/α,β-unsaturated/α-hetero) is 1. The smallest absolute Gasteiger partial charge is 0.191 e. The Labute approximate surface area is 122 Å². The fourth-order valence-corrected chi connectivity index (χ4v) is 3.32. The van der Waals surface area contributed by atoms with E-state index in [1.165, 1.54) is 29.3 Å². The minimum Gasteiger partial charge on any atom is -0.309 e. The van der Waals surface area contributed by atoms with Gasteiger partial charge in [0, 0.05) is 12.6 Å². The van der Waals surface area contributed by atoms with E-state index in [1.54, 1.807) is 0 Å². The molecule has 104 valence electrons. The molecule has 1 aliphatic carbocycles. The zero-order valence-corrected chi connectivity index (χ0v) is 12.5. The Kier molecular flexibility index (Phi) is 3.61. The molecule has 1 aromatic carbocycles. The van der Waals surface area contributed by atoms with Gasteiger partial charge in [-0.1, -0.05) is 23.9 Å². The molecule has 1 heterocycles. The van der Waals surface area contributed by atoms with Gasteiger partial charge in [-0.3, -0.25) is 4.79 Å². The van der Waals surface area contributed by atoms with Crippen molar-refractivity contribution in [1.82, 2.24) is 14.8 Å². The van der Waals surface area contributed by atoms with Gasteiger partial charge in [-0.05, 0) is 43.4 Å². The first-order valence-corrected chi connectivity index (χ1v) is 7.77. The lowest BCUT2D eigenvalue weighted by molar-refractivity contribution is 0.102. The lowest BCUT2D eigenvalue weighted by Gasteiger charge is -2.04. The highest BCUT2D eigenvalue weighted by Gasteiger charge is 2.15. The summed E-state index contributed by atoms with van der Waals surface area (Å²) in [6.45, 7) is 1.90. The first-order chi connectivity index (χ1) is 9.65. The van der Waals surface area contributed by atoms with Gasteiger partial charge < -0.3 is 4.57 Å². The lowest BCUT2D eigenvalue weighted by atomic mass is 10.0. The number of rotatable bonds is 4. The molecule has 4 nitrogen and oxygen atoms in total. The van der Waals surface area contributed by atoms with Gasteiger partial charge in [0.2, 0.25) is 0 Å². The van der Waals surface area contributed by atoms with E-state index in [4.69, 9.17) is 0 Å². The molecular weight excluding hydrogens is 270 g/mol. The number of fused-ring (bicyclic) bond motifs is 1. The number of hydrogen-bond donors (Lipinski definition) is 0. The molecule has 0 unspecified atom stereocenters. The van der Waals surface area contributed by atoms with E-state index >= 15 is 0 Å². The molecule has 1 aliphatic rings. The number of carbonyl (C=O) groups is 1. The van der Waals surface area contributed by atoms with Gasteiger partial charge in [-0.15, -0.1) is 10.2 Å². The zero-order valence-electron chi connectivity index (χ0n) is 11.7. The number of aromatic nitrogens is 3. The molecule has 0 atom stereocenters. The Balaban J connectivity index is 1.69. The van der Waals surface area contributed by atoms with Crippen LogP contribution in [0.4, 0.5) is 0 Å². The third-order valence-electron chi connectivity index (χ3n) is 3.81. The molecule has 5 heteroatoms. The Morgan fingerprint density at radius 1 is 1.30 bits per heavy atom. The molecule has 0 bridgehead atoms. The second kappa shape index (κ2) is 5.40. The van der Waals surface area contributed by atoms with E-state index in [2.05, 4.69) is 22.3 Å². The van der Waals surface area contributed by atoms with Crippen molar-refractivity contribution in [3.8, 4) is 0 Å². The summed E-state index contributed by atoms with van der Waals surface area (Å²) in [6.07, 6.45) is 3.46. The van der Waals surface area contributed by atoms with E-state index in [0.717, 1.165) is 29.4 Å². The molecule has 0 saturated carbocycles. The monoisotopic (exact) mass is 287 g/mol. The summed E-state index contributed by atoms with van der Waals surface area (Å²) in [5.41, 5.74) is 3.56. The molecule has 0 fully saturated rings. The van der Waals surface area contributed by atoms with E-state index in [1.807, 2.05) is 24.6 Å². The van der Waals surface area contributed by atoms with Gasteiger partial charge in [0.05, 0.1) is 5.75 Å².